The third-order valence-electron chi connectivity index (χ3n) is 4.77. The number of hydrogen-bond donors (Lipinski definition) is 0. The SMILES string of the molecule is COCCN1C(=O)C2CN(Cc3ccc(C(F)(F)F)cc3)CC2C1=O. The number of hydrogen-bond acceptors (Lipinski definition) is 4. The first-order chi connectivity index (χ1) is 11.8. The number of likely N-dealkylation sites (tertiary alicyclic amines) is 2. The number of alkyl halides is 3. The molecule has 2 heterocycles. The van der Waals surface area contributed by atoms with Crippen LogP contribution >= 0.6 is 0 Å². The number of imide groups is 1. The Hall–Kier alpha value is -1.93. The summed E-state index contributed by atoms with van der Waals surface area (Å²) in [5.41, 5.74) is 0.0396. The van der Waals surface area contributed by atoms with Crippen molar-refractivity contribution in [2.75, 3.05) is 33.4 Å². The first kappa shape index (κ1) is 17.9. The molecular weight excluding hydrogens is 337 g/mol. The van der Waals surface area contributed by atoms with Gasteiger partial charge in [0.25, 0.3) is 0 Å². The Labute approximate surface area is 143 Å². The van der Waals surface area contributed by atoms with Gasteiger partial charge in [0.1, 0.15) is 0 Å². The fourth-order valence-electron chi connectivity index (χ4n) is 3.48. The number of fused-ring (bicyclic) bond motifs is 1. The van der Waals surface area contributed by atoms with Crippen molar-refractivity contribution in [1.82, 2.24) is 9.80 Å². The molecule has 1 aromatic carbocycles. The minimum Gasteiger partial charge on any atom is -0.383 e. The van der Waals surface area contributed by atoms with Gasteiger partial charge in [-0.3, -0.25) is 19.4 Å². The number of rotatable bonds is 5. The maximum absolute atomic E-state index is 12.6. The average molecular weight is 356 g/mol. The maximum atomic E-state index is 12.6. The van der Waals surface area contributed by atoms with E-state index < -0.39 is 11.7 Å². The molecule has 0 saturated carbocycles. The lowest BCUT2D eigenvalue weighted by atomic mass is 10.00. The van der Waals surface area contributed by atoms with Crippen molar-refractivity contribution >= 4 is 11.8 Å². The average Bonchev–Trinajstić information content (AvgIpc) is 3.06. The van der Waals surface area contributed by atoms with Gasteiger partial charge in [0.2, 0.25) is 11.8 Å². The van der Waals surface area contributed by atoms with Crippen molar-refractivity contribution in [3.63, 3.8) is 0 Å². The van der Waals surface area contributed by atoms with Crippen molar-refractivity contribution in [3.05, 3.63) is 35.4 Å². The van der Waals surface area contributed by atoms with Crippen LogP contribution in [0.15, 0.2) is 24.3 Å². The molecule has 25 heavy (non-hydrogen) atoms. The highest BCUT2D eigenvalue weighted by Crippen LogP contribution is 2.34. The van der Waals surface area contributed by atoms with Gasteiger partial charge in [-0.05, 0) is 17.7 Å². The van der Waals surface area contributed by atoms with Crippen molar-refractivity contribution in [1.29, 1.82) is 0 Å². The molecule has 5 nitrogen and oxygen atoms in total. The minimum absolute atomic E-state index is 0.179. The second-order valence-corrected chi connectivity index (χ2v) is 6.42. The lowest BCUT2D eigenvalue weighted by molar-refractivity contribution is -0.141. The van der Waals surface area contributed by atoms with Gasteiger partial charge >= 0.3 is 6.18 Å². The molecular formula is C17H19F3N2O3. The summed E-state index contributed by atoms with van der Waals surface area (Å²) in [6.07, 6.45) is -4.35. The molecule has 8 heteroatoms. The number of benzene rings is 1. The van der Waals surface area contributed by atoms with Crippen molar-refractivity contribution in [2.45, 2.75) is 12.7 Å². The molecule has 2 atom stereocenters. The summed E-state index contributed by atoms with van der Waals surface area (Å²) in [4.78, 5) is 27.9. The minimum atomic E-state index is -4.35. The first-order valence-electron chi connectivity index (χ1n) is 8.04. The van der Waals surface area contributed by atoms with Crippen LogP contribution in [0.5, 0.6) is 0 Å². The molecule has 2 unspecified atom stereocenters. The van der Waals surface area contributed by atoms with Gasteiger partial charge in [0.05, 0.1) is 30.6 Å². The number of halogens is 3. The van der Waals surface area contributed by atoms with E-state index in [0.717, 1.165) is 17.7 Å². The Balaban J connectivity index is 1.61. The lowest BCUT2D eigenvalue weighted by Crippen LogP contribution is -2.37. The van der Waals surface area contributed by atoms with Gasteiger partial charge < -0.3 is 4.74 Å². The molecule has 136 valence electrons. The topological polar surface area (TPSA) is 49.9 Å². The third-order valence-corrected chi connectivity index (χ3v) is 4.77. The van der Waals surface area contributed by atoms with Gasteiger partial charge in [0.15, 0.2) is 0 Å². The molecule has 0 aromatic heterocycles. The van der Waals surface area contributed by atoms with Crippen LogP contribution in [0.25, 0.3) is 0 Å². The van der Waals surface area contributed by atoms with Crippen LogP contribution < -0.4 is 0 Å². The zero-order chi connectivity index (χ0) is 18.2. The number of carbonyl (C=O) groups is 2. The van der Waals surface area contributed by atoms with E-state index in [0.29, 0.717) is 26.2 Å². The smallest absolute Gasteiger partial charge is 0.383 e. The van der Waals surface area contributed by atoms with Crippen molar-refractivity contribution in [3.8, 4) is 0 Å². The molecule has 0 N–H and O–H groups in total. The highest BCUT2D eigenvalue weighted by Gasteiger charge is 2.51. The van der Waals surface area contributed by atoms with E-state index in [1.54, 1.807) is 0 Å². The molecule has 2 saturated heterocycles. The number of nitrogens with zero attached hydrogens (tertiary/aromatic N) is 2. The number of methoxy groups -OCH3 is 1. The molecule has 0 radical (unpaired) electrons. The monoisotopic (exact) mass is 356 g/mol. The molecule has 0 spiro atoms. The highest BCUT2D eigenvalue weighted by molar-refractivity contribution is 6.05. The molecule has 2 fully saturated rings. The fraction of sp³-hybridized carbons (Fsp3) is 0.529. The van der Waals surface area contributed by atoms with E-state index in [1.807, 2.05) is 4.90 Å². The van der Waals surface area contributed by atoms with Crippen molar-refractivity contribution in [2.24, 2.45) is 11.8 Å². The van der Waals surface area contributed by atoms with Crippen LogP contribution in [0.1, 0.15) is 11.1 Å². The van der Waals surface area contributed by atoms with Crippen molar-refractivity contribution < 1.29 is 27.5 Å². The molecule has 3 rings (SSSR count). The normalized spacial score (nSPS) is 24.2. The number of ether oxygens (including phenoxy) is 1. The lowest BCUT2D eigenvalue weighted by Gasteiger charge is -2.20. The quantitative estimate of drug-likeness (QED) is 0.755. The van der Waals surface area contributed by atoms with Crippen LogP contribution in [0.3, 0.4) is 0 Å². The first-order valence-corrected chi connectivity index (χ1v) is 8.04. The summed E-state index contributed by atoms with van der Waals surface area (Å²) in [5.74, 6) is -1.08. The van der Waals surface area contributed by atoms with Crippen LogP contribution in [0.4, 0.5) is 13.2 Å². The molecule has 0 bridgehead atoms. The van der Waals surface area contributed by atoms with Gasteiger partial charge in [-0.15, -0.1) is 0 Å². The second kappa shape index (κ2) is 6.76. The Morgan fingerprint density at radius 1 is 1.08 bits per heavy atom. The Morgan fingerprint density at radius 2 is 1.64 bits per heavy atom. The molecule has 2 aliphatic rings. The van der Waals surface area contributed by atoms with E-state index in [-0.39, 0.29) is 30.2 Å². The Bertz CT molecular complexity index is 636. The van der Waals surface area contributed by atoms with Crippen LogP contribution in [0, 0.1) is 11.8 Å². The van der Waals surface area contributed by atoms with E-state index >= 15 is 0 Å². The predicted molar refractivity (Wildman–Crippen MR) is 82.3 cm³/mol. The zero-order valence-electron chi connectivity index (χ0n) is 13.8. The number of amides is 2. The summed E-state index contributed by atoms with van der Waals surface area (Å²) in [5, 5.41) is 0. The predicted octanol–water partition coefficient (Wildman–Crippen LogP) is 1.77. The summed E-state index contributed by atoms with van der Waals surface area (Å²) in [6, 6.07) is 4.97. The summed E-state index contributed by atoms with van der Waals surface area (Å²) in [6.45, 7) is 1.88. The Morgan fingerprint density at radius 3 is 2.12 bits per heavy atom. The van der Waals surface area contributed by atoms with Crippen LogP contribution in [-0.2, 0) is 27.0 Å². The summed E-state index contributed by atoms with van der Waals surface area (Å²) in [7, 11) is 1.51. The van der Waals surface area contributed by atoms with Gasteiger partial charge in [0, 0.05) is 26.7 Å². The fourth-order valence-corrected chi connectivity index (χ4v) is 3.48. The standard InChI is InChI=1S/C17H19F3N2O3/c1-25-7-6-22-15(23)13-9-21(10-14(13)16(22)24)8-11-2-4-12(5-3-11)17(18,19)20/h2-5,13-14H,6-10H2,1H3. The molecule has 2 aliphatic heterocycles. The molecule has 0 aliphatic carbocycles. The summed E-state index contributed by atoms with van der Waals surface area (Å²) < 4.78 is 42.7. The zero-order valence-corrected chi connectivity index (χ0v) is 13.8. The Kier molecular flexibility index (Phi) is 4.83. The number of carbonyl (C=O) groups excluding carboxylic acids is 2. The van der Waals surface area contributed by atoms with Crippen LogP contribution in [0.2, 0.25) is 0 Å². The largest absolute Gasteiger partial charge is 0.416 e. The molecule has 1 aromatic rings. The third kappa shape index (κ3) is 3.55. The maximum Gasteiger partial charge on any atom is 0.416 e. The van der Waals surface area contributed by atoms with Gasteiger partial charge in [-0.1, -0.05) is 12.1 Å². The van der Waals surface area contributed by atoms with E-state index in [4.69, 9.17) is 4.74 Å². The summed E-state index contributed by atoms with van der Waals surface area (Å²) >= 11 is 0. The molecule has 2 amide bonds. The second-order valence-electron chi connectivity index (χ2n) is 6.42. The van der Waals surface area contributed by atoms with E-state index in [9.17, 15) is 22.8 Å². The van der Waals surface area contributed by atoms with Gasteiger partial charge in [-0.2, -0.15) is 13.2 Å². The van der Waals surface area contributed by atoms with E-state index in [2.05, 4.69) is 0 Å². The highest BCUT2D eigenvalue weighted by atomic mass is 19.4. The van der Waals surface area contributed by atoms with E-state index in [1.165, 1.54) is 24.1 Å². The van der Waals surface area contributed by atoms with Crippen LogP contribution in [-0.4, -0.2) is 55.0 Å². The van der Waals surface area contributed by atoms with Gasteiger partial charge in [-0.25, -0.2) is 0 Å².